The van der Waals surface area contributed by atoms with Gasteiger partial charge in [-0.2, -0.15) is 0 Å². The average molecular weight is 313 g/mol. The Morgan fingerprint density at radius 1 is 1.27 bits per heavy atom. The summed E-state index contributed by atoms with van der Waals surface area (Å²) in [6.07, 6.45) is 1.47. The van der Waals surface area contributed by atoms with E-state index in [2.05, 4.69) is 5.32 Å². The largest absolute Gasteiger partial charge is 0.381 e. The zero-order chi connectivity index (χ0) is 15.6. The number of nitrogens with one attached hydrogen (secondary N) is 1. The van der Waals surface area contributed by atoms with Crippen LogP contribution in [-0.4, -0.2) is 38.3 Å². The summed E-state index contributed by atoms with van der Waals surface area (Å²) in [5.41, 5.74) is 0.707. The van der Waals surface area contributed by atoms with Crippen LogP contribution in [0.25, 0.3) is 0 Å². The standard InChI is InChI=1S/C16H21F2NO3/c1-11(12-2-3-14(17)15(18)8-12)19-9-13-10-21-16(22-13)4-6-20-7-5-16/h2-3,8,11,13,19H,4-7,9-10H2,1H3/t11-,13+/m1/s1. The average Bonchev–Trinajstić information content (AvgIpc) is 2.91. The minimum absolute atomic E-state index is 0.0363. The number of hydrogen-bond donors (Lipinski definition) is 1. The van der Waals surface area contributed by atoms with Crippen molar-refractivity contribution in [3.05, 3.63) is 35.4 Å². The lowest BCUT2D eigenvalue weighted by Crippen LogP contribution is -2.39. The molecule has 1 aromatic rings. The van der Waals surface area contributed by atoms with Crippen LogP contribution in [0.1, 0.15) is 31.4 Å². The van der Waals surface area contributed by atoms with E-state index in [1.54, 1.807) is 6.07 Å². The lowest BCUT2D eigenvalue weighted by molar-refractivity contribution is -0.210. The second kappa shape index (κ2) is 6.58. The molecule has 22 heavy (non-hydrogen) atoms. The zero-order valence-corrected chi connectivity index (χ0v) is 12.6. The van der Waals surface area contributed by atoms with Crippen molar-refractivity contribution < 1.29 is 23.0 Å². The van der Waals surface area contributed by atoms with Gasteiger partial charge >= 0.3 is 0 Å². The SMILES string of the molecule is C[C@@H](NC[C@H]1COC2(CCOCC2)O1)c1ccc(F)c(F)c1. The maximum absolute atomic E-state index is 13.3. The van der Waals surface area contributed by atoms with E-state index >= 15 is 0 Å². The fourth-order valence-electron chi connectivity index (χ4n) is 2.87. The van der Waals surface area contributed by atoms with Gasteiger partial charge in [-0.25, -0.2) is 8.78 Å². The molecule has 0 bridgehead atoms. The van der Waals surface area contributed by atoms with Gasteiger partial charge < -0.3 is 19.5 Å². The van der Waals surface area contributed by atoms with Crippen molar-refractivity contribution >= 4 is 0 Å². The number of ether oxygens (including phenoxy) is 3. The summed E-state index contributed by atoms with van der Waals surface area (Å²) in [6, 6.07) is 3.86. The Kier molecular flexibility index (Phi) is 4.73. The molecule has 0 aliphatic carbocycles. The Hall–Kier alpha value is -1.08. The molecular formula is C16H21F2NO3. The van der Waals surface area contributed by atoms with Gasteiger partial charge in [-0.3, -0.25) is 0 Å². The highest BCUT2D eigenvalue weighted by molar-refractivity contribution is 5.20. The van der Waals surface area contributed by atoms with Gasteiger partial charge in [0.1, 0.15) is 0 Å². The molecule has 0 aromatic heterocycles. The fourth-order valence-corrected chi connectivity index (χ4v) is 2.87. The van der Waals surface area contributed by atoms with Gasteiger partial charge in [0.05, 0.1) is 25.9 Å². The van der Waals surface area contributed by atoms with Crippen molar-refractivity contribution in [1.29, 1.82) is 0 Å². The molecule has 2 fully saturated rings. The first-order valence-electron chi connectivity index (χ1n) is 7.66. The van der Waals surface area contributed by atoms with Crippen molar-refractivity contribution in [2.24, 2.45) is 0 Å². The molecule has 0 amide bonds. The second-order valence-corrected chi connectivity index (χ2v) is 5.88. The van der Waals surface area contributed by atoms with E-state index in [1.807, 2.05) is 6.92 Å². The van der Waals surface area contributed by atoms with Crippen LogP contribution in [0, 0.1) is 11.6 Å². The number of benzene rings is 1. The van der Waals surface area contributed by atoms with E-state index in [-0.39, 0.29) is 12.1 Å². The van der Waals surface area contributed by atoms with E-state index in [1.165, 1.54) is 6.07 Å². The fraction of sp³-hybridized carbons (Fsp3) is 0.625. The Balaban J connectivity index is 1.51. The van der Waals surface area contributed by atoms with Crippen LogP contribution in [0.5, 0.6) is 0 Å². The quantitative estimate of drug-likeness (QED) is 0.927. The van der Waals surface area contributed by atoms with Crippen LogP contribution >= 0.6 is 0 Å². The van der Waals surface area contributed by atoms with Crippen LogP contribution in [0.3, 0.4) is 0 Å². The predicted molar refractivity (Wildman–Crippen MR) is 76.4 cm³/mol. The first-order valence-corrected chi connectivity index (χ1v) is 7.66. The van der Waals surface area contributed by atoms with Gasteiger partial charge in [-0.15, -0.1) is 0 Å². The van der Waals surface area contributed by atoms with E-state index in [9.17, 15) is 8.78 Å². The van der Waals surface area contributed by atoms with E-state index in [4.69, 9.17) is 14.2 Å². The van der Waals surface area contributed by atoms with E-state index < -0.39 is 17.4 Å². The van der Waals surface area contributed by atoms with Gasteiger partial charge in [-0.05, 0) is 24.6 Å². The van der Waals surface area contributed by atoms with Crippen LogP contribution in [0.15, 0.2) is 18.2 Å². The Morgan fingerprint density at radius 2 is 2.05 bits per heavy atom. The monoisotopic (exact) mass is 313 g/mol. The van der Waals surface area contributed by atoms with Gasteiger partial charge in [0.15, 0.2) is 17.4 Å². The predicted octanol–water partition coefficient (Wildman–Crippen LogP) is 2.54. The Morgan fingerprint density at radius 3 is 2.77 bits per heavy atom. The van der Waals surface area contributed by atoms with Crippen molar-refractivity contribution in [2.75, 3.05) is 26.4 Å². The summed E-state index contributed by atoms with van der Waals surface area (Å²) in [4.78, 5) is 0. The zero-order valence-electron chi connectivity index (χ0n) is 12.6. The molecule has 0 radical (unpaired) electrons. The third-order valence-corrected chi connectivity index (χ3v) is 4.26. The maximum atomic E-state index is 13.3. The molecule has 1 N–H and O–H groups in total. The highest BCUT2D eigenvalue weighted by Gasteiger charge is 2.42. The van der Waals surface area contributed by atoms with Crippen molar-refractivity contribution in [1.82, 2.24) is 5.32 Å². The summed E-state index contributed by atoms with van der Waals surface area (Å²) in [6.45, 7) is 4.36. The van der Waals surface area contributed by atoms with E-state index in [0.717, 1.165) is 18.9 Å². The number of rotatable bonds is 4. The molecule has 1 aromatic carbocycles. The molecule has 2 heterocycles. The van der Waals surface area contributed by atoms with Crippen molar-refractivity contribution in [2.45, 2.75) is 37.7 Å². The molecule has 1 spiro atoms. The van der Waals surface area contributed by atoms with Gasteiger partial charge in [0, 0.05) is 25.4 Å². The normalized spacial score (nSPS) is 25.5. The number of halogens is 2. The van der Waals surface area contributed by atoms with Crippen molar-refractivity contribution in [3.63, 3.8) is 0 Å². The van der Waals surface area contributed by atoms with E-state index in [0.29, 0.717) is 31.9 Å². The van der Waals surface area contributed by atoms with Gasteiger partial charge in [0.25, 0.3) is 0 Å². The summed E-state index contributed by atoms with van der Waals surface area (Å²) in [5, 5.41) is 3.28. The Bertz CT molecular complexity index is 520. The minimum Gasteiger partial charge on any atom is -0.381 e. The van der Waals surface area contributed by atoms with Crippen LogP contribution in [0.2, 0.25) is 0 Å². The highest BCUT2D eigenvalue weighted by atomic mass is 19.2. The first kappa shape index (κ1) is 15.8. The molecule has 0 unspecified atom stereocenters. The molecule has 2 atom stereocenters. The third kappa shape index (κ3) is 3.46. The summed E-state index contributed by atoms with van der Waals surface area (Å²) >= 11 is 0. The van der Waals surface area contributed by atoms with Crippen LogP contribution in [0.4, 0.5) is 8.78 Å². The smallest absolute Gasteiger partial charge is 0.173 e. The molecular weight excluding hydrogens is 292 g/mol. The molecule has 2 saturated heterocycles. The summed E-state index contributed by atoms with van der Waals surface area (Å²) in [7, 11) is 0. The maximum Gasteiger partial charge on any atom is 0.173 e. The second-order valence-electron chi connectivity index (χ2n) is 5.88. The minimum atomic E-state index is -0.829. The van der Waals surface area contributed by atoms with Crippen LogP contribution in [-0.2, 0) is 14.2 Å². The first-order chi connectivity index (χ1) is 10.6. The molecule has 2 aliphatic rings. The summed E-state index contributed by atoms with van der Waals surface area (Å²) in [5.74, 6) is -2.15. The van der Waals surface area contributed by atoms with Gasteiger partial charge in [-0.1, -0.05) is 6.07 Å². The third-order valence-electron chi connectivity index (χ3n) is 4.26. The molecule has 4 nitrogen and oxygen atoms in total. The molecule has 3 rings (SSSR count). The van der Waals surface area contributed by atoms with Crippen LogP contribution < -0.4 is 5.32 Å². The Labute approximate surface area is 128 Å². The number of hydrogen-bond acceptors (Lipinski definition) is 4. The molecule has 2 aliphatic heterocycles. The van der Waals surface area contributed by atoms with Crippen molar-refractivity contribution in [3.8, 4) is 0 Å². The topological polar surface area (TPSA) is 39.7 Å². The lowest BCUT2D eigenvalue weighted by Gasteiger charge is -2.31. The molecule has 0 saturated carbocycles. The molecule has 122 valence electrons. The highest BCUT2D eigenvalue weighted by Crippen LogP contribution is 2.33. The van der Waals surface area contributed by atoms with Gasteiger partial charge in [0.2, 0.25) is 0 Å². The molecule has 6 heteroatoms. The lowest BCUT2D eigenvalue weighted by atomic mass is 10.1. The summed E-state index contributed by atoms with van der Waals surface area (Å²) < 4.78 is 43.4.